The summed E-state index contributed by atoms with van der Waals surface area (Å²) in [7, 11) is 3.17. The van der Waals surface area contributed by atoms with E-state index in [1.807, 2.05) is 32.0 Å². The zero-order chi connectivity index (χ0) is 18.4. The molecule has 0 saturated heterocycles. The molecule has 0 bridgehead atoms. The minimum Gasteiger partial charge on any atom is -0.493 e. The largest absolute Gasteiger partial charge is 0.493 e. The molecule has 136 valence electrons. The number of nitrogens with two attached hydrogens (primary N) is 1. The number of hydrogen-bond donors (Lipinski definition) is 2. The van der Waals surface area contributed by atoms with Crippen molar-refractivity contribution in [1.82, 2.24) is 15.5 Å². The Morgan fingerprint density at radius 2 is 2.00 bits per heavy atom. The molecule has 3 N–H and O–H groups in total. The number of nitrogens with zero attached hydrogens (tertiary/aromatic N) is 2. The lowest BCUT2D eigenvalue weighted by molar-refractivity contribution is -0.123. The monoisotopic (exact) mass is 348 g/mol. The van der Waals surface area contributed by atoms with Gasteiger partial charge in [0.25, 0.3) is 0 Å². The molecule has 0 fully saturated rings. The van der Waals surface area contributed by atoms with Gasteiger partial charge in [0.2, 0.25) is 11.8 Å². The van der Waals surface area contributed by atoms with Crippen molar-refractivity contribution in [3.05, 3.63) is 35.5 Å². The highest BCUT2D eigenvalue weighted by Gasteiger charge is 2.18. The van der Waals surface area contributed by atoms with E-state index in [0.29, 0.717) is 29.6 Å². The Balaban J connectivity index is 1.96. The van der Waals surface area contributed by atoms with E-state index in [1.54, 1.807) is 14.2 Å². The number of benzene rings is 1. The average Bonchev–Trinajstić information content (AvgIpc) is 3.06. The summed E-state index contributed by atoms with van der Waals surface area (Å²) >= 11 is 0. The van der Waals surface area contributed by atoms with Crippen LogP contribution in [0.4, 0.5) is 0 Å². The molecule has 2 aromatic rings. The summed E-state index contributed by atoms with van der Waals surface area (Å²) in [6.07, 6.45) is 0.476. The molecule has 0 aliphatic heterocycles. The van der Waals surface area contributed by atoms with Gasteiger partial charge in [0, 0.05) is 6.42 Å². The first-order valence-electron chi connectivity index (χ1n) is 8.00. The predicted octanol–water partition coefficient (Wildman–Crippen LogP) is 1.28. The number of rotatable bonds is 8. The van der Waals surface area contributed by atoms with Crippen molar-refractivity contribution < 1.29 is 18.8 Å². The van der Waals surface area contributed by atoms with Crippen LogP contribution in [0, 0.1) is 5.92 Å². The lowest BCUT2D eigenvalue weighted by Crippen LogP contribution is -2.43. The Bertz CT molecular complexity index is 714. The zero-order valence-electron chi connectivity index (χ0n) is 14.9. The van der Waals surface area contributed by atoms with Crippen molar-refractivity contribution >= 4 is 5.91 Å². The van der Waals surface area contributed by atoms with Crippen LogP contribution in [0.1, 0.15) is 31.1 Å². The SMILES string of the molecule is COc1ccc(Cc2noc(CNC(=O)[C@@H](N)C(C)C)n2)cc1OC. The van der Waals surface area contributed by atoms with Gasteiger partial charge in [-0.05, 0) is 23.6 Å². The highest BCUT2D eigenvalue weighted by Crippen LogP contribution is 2.28. The van der Waals surface area contributed by atoms with Gasteiger partial charge < -0.3 is 25.0 Å². The van der Waals surface area contributed by atoms with Crippen LogP contribution >= 0.6 is 0 Å². The average molecular weight is 348 g/mol. The van der Waals surface area contributed by atoms with E-state index >= 15 is 0 Å². The van der Waals surface area contributed by atoms with Crippen LogP contribution in [-0.4, -0.2) is 36.3 Å². The maximum Gasteiger partial charge on any atom is 0.246 e. The number of aromatic nitrogens is 2. The Hall–Kier alpha value is -2.61. The van der Waals surface area contributed by atoms with E-state index in [9.17, 15) is 4.79 Å². The fourth-order valence-electron chi connectivity index (χ4n) is 2.19. The smallest absolute Gasteiger partial charge is 0.246 e. The molecule has 25 heavy (non-hydrogen) atoms. The van der Waals surface area contributed by atoms with Gasteiger partial charge in [0.1, 0.15) is 0 Å². The molecule has 1 aromatic heterocycles. The highest BCUT2D eigenvalue weighted by atomic mass is 16.5. The molecule has 0 saturated carbocycles. The summed E-state index contributed by atoms with van der Waals surface area (Å²) in [4.78, 5) is 16.1. The third kappa shape index (κ3) is 4.93. The molecule has 1 atom stereocenters. The van der Waals surface area contributed by atoms with E-state index in [4.69, 9.17) is 19.7 Å². The van der Waals surface area contributed by atoms with Gasteiger partial charge in [-0.15, -0.1) is 0 Å². The molecule has 8 heteroatoms. The molecule has 2 rings (SSSR count). The molecule has 0 unspecified atom stereocenters. The molecule has 0 aliphatic rings. The second kappa shape index (κ2) is 8.48. The normalized spacial score (nSPS) is 12.1. The van der Waals surface area contributed by atoms with Crippen LogP contribution in [0.2, 0.25) is 0 Å². The number of methoxy groups -OCH3 is 2. The molecule has 1 aromatic carbocycles. The van der Waals surface area contributed by atoms with Crippen LogP contribution in [-0.2, 0) is 17.8 Å². The first-order chi connectivity index (χ1) is 11.9. The van der Waals surface area contributed by atoms with Gasteiger partial charge in [0.15, 0.2) is 17.3 Å². The Kier molecular flexibility index (Phi) is 6.35. The summed E-state index contributed by atoms with van der Waals surface area (Å²) in [6.45, 7) is 3.93. The quantitative estimate of drug-likeness (QED) is 0.739. The zero-order valence-corrected chi connectivity index (χ0v) is 14.9. The van der Waals surface area contributed by atoms with Crippen LogP contribution in [0.15, 0.2) is 22.7 Å². The lowest BCUT2D eigenvalue weighted by atomic mass is 10.1. The topological polar surface area (TPSA) is 113 Å². The molecule has 0 spiro atoms. The Labute approximate surface area is 146 Å². The Morgan fingerprint density at radius 3 is 2.64 bits per heavy atom. The number of carbonyl (C=O) groups is 1. The standard InChI is InChI=1S/C17H24N4O4/c1-10(2)16(18)17(22)19-9-15-20-14(21-25-15)8-11-5-6-12(23-3)13(7-11)24-4/h5-7,10,16H,8-9,18H2,1-4H3,(H,19,22)/t16-/m0/s1. The maximum atomic E-state index is 11.8. The van der Waals surface area contributed by atoms with Crippen LogP contribution in [0.25, 0.3) is 0 Å². The lowest BCUT2D eigenvalue weighted by Gasteiger charge is -2.14. The second-order valence-electron chi connectivity index (χ2n) is 5.96. The summed E-state index contributed by atoms with van der Waals surface area (Å²) in [5.74, 6) is 1.96. The van der Waals surface area contributed by atoms with Crippen molar-refractivity contribution in [2.75, 3.05) is 14.2 Å². The Morgan fingerprint density at radius 1 is 1.28 bits per heavy atom. The van der Waals surface area contributed by atoms with E-state index in [1.165, 1.54) is 0 Å². The van der Waals surface area contributed by atoms with Crippen molar-refractivity contribution in [2.24, 2.45) is 11.7 Å². The summed E-state index contributed by atoms with van der Waals surface area (Å²) < 4.78 is 15.6. The number of carbonyl (C=O) groups excluding carboxylic acids is 1. The molecule has 0 radical (unpaired) electrons. The van der Waals surface area contributed by atoms with E-state index in [0.717, 1.165) is 5.56 Å². The van der Waals surface area contributed by atoms with Gasteiger partial charge in [0.05, 0.1) is 26.8 Å². The number of hydrogen-bond acceptors (Lipinski definition) is 7. The fourth-order valence-corrected chi connectivity index (χ4v) is 2.19. The van der Waals surface area contributed by atoms with Crippen molar-refractivity contribution in [2.45, 2.75) is 32.9 Å². The summed E-state index contributed by atoms with van der Waals surface area (Å²) in [6, 6.07) is 5.02. The van der Waals surface area contributed by atoms with Gasteiger partial charge in [-0.25, -0.2) is 0 Å². The van der Waals surface area contributed by atoms with Gasteiger partial charge in [-0.2, -0.15) is 4.98 Å². The molecule has 1 heterocycles. The highest BCUT2D eigenvalue weighted by molar-refractivity contribution is 5.81. The molecular weight excluding hydrogens is 324 g/mol. The van der Waals surface area contributed by atoms with Gasteiger partial charge in [-0.1, -0.05) is 25.1 Å². The first kappa shape index (κ1) is 18.7. The number of amides is 1. The minimum absolute atomic E-state index is 0.0586. The van der Waals surface area contributed by atoms with Crippen LogP contribution in [0.5, 0.6) is 11.5 Å². The van der Waals surface area contributed by atoms with E-state index < -0.39 is 6.04 Å². The third-order valence-corrected chi connectivity index (χ3v) is 3.76. The van der Waals surface area contributed by atoms with Gasteiger partial charge >= 0.3 is 0 Å². The van der Waals surface area contributed by atoms with Crippen molar-refractivity contribution in [1.29, 1.82) is 0 Å². The van der Waals surface area contributed by atoms with Crippen LogP contribution < -0.4 is 20.5 Å². The number of nitrogens with one attached hydrogen (secondary N) is 1. The summed E-state index contributed by atoms with van der Waals surface area (Å²) in [5, 5.41) is 6.62. The van der Waals surface area contributed by atoms with E-state index in [-0.39, 0.29) is 18.4 Å². The molecular formula is C17H24N4O4. The van der Waals surface area contributed by atoms with Crippen molar-refractivity contribution in [3.63, 3.8) is 0 Å². The third-order valence-electron chi connectivity index (χ3n) is 3.76. The molecule has 0 aliphatic carbocycles. The molecule has 1 amide bonds. The molecule has 8 nitrogen and oxygen atoms in total. The first-order valence-corrected chi connectivity index (χ1v) is 8.00. The predicted molar refractivity (Wildman–Crippen MR) is 91.3 cm³/mol. The van der Waals surface area contributed by atoms with E-state index in [2.05, 4.69) is 15.5 Å². The van der Waals surface area contributed by atoms with Crippen LogP contribution in [0.3, 0.4) is 0 Å². The van der Waals surface area contributed by atoms with Gasteiger partial charge in [-0.3, -0.25) is 4.79 Å². The maximum absolute atomic E-state index is 11.8. The minimum atomic E-state index is -0.561. The fraction of sp³-hybridized carbons (Fsp3) is 0.471. The number of ether oxygens (including phenoxy) is 2. The second-order valence-corrected chi connectivity index (χ2v) is 5.96. The summed E-state index contributed by atoms with van der Waals surface area (Å²) in [5.41, 5.74) is 6.74. The van der Waals surface area contributed by atoms with Crippen molar-refractivity contribution in [3.8, 4) is 11.5 Å².